The molecule has 0 saturated heterocycles. The van der Waals surface area contributed by atoms with E-state index in [4.69, 9.17) is 17.3 Å². The number of nitrogens with zero attached hydrogens (tertiary/aromatic N) is 1. The number of nitrogens with one attached hydrogen (secondary N) is 2. The van der Waals surface area contributed by atoms with Gasteiger partial charge in [-0.1, -0.05) is 48.0 Å². The Bertz CT molecular complexity index is 1000. The maximum atomic E-state index is 12.5. The van der Waals surface area contributed by atoms with Gasteiger partial charge < -0.3 is 16.4 Å². The van der Waals surface area contributed by atoms with Gasteiger partial charge in [-0.15, -0.1) is 11.3 Å². The minimum absolute atomic E-state index is 0.0554. The summed E-state index contributed by atoms with van der Waals surface area (Å²) >= 11 is 7.32. The molecule has 3 amide bonds. The average Bonchev–Trinajstić information content (AvgIpc) is 3.10. The number of aryl methyl sites for hydroxylation is 1. The minimum atomic E-state index is -0.675. The molecule has 1 aromatic heterocycles. The average molecular weight is 429 g/mol. The number of primary amides is 1. The van der Waals surface area contributed by atoms with Gasteiger partial charge in [0.25, 0.3) is 0 Å². The first-order valence-corrected chi connectivity index (χ1v) is 10.2. The van der Waals surface area contributed by atoms with Crippen LogP contribution in [0.25, 0.3) is 0 Å². The summed E-state index contributed by atoms with van der Waals surface area (Å²) < 4.78 is 0. The van der Waals surface area contributed by atoms with E-state index in [0.29, 0.717) is 16.6 Å². The number of anilines is 1. The Morgan fingerprint density at radius 2 is 1.90 bits per heavy atom. The van der Waals surface area contributed by atoms with E-state index in [2.05, 4.69) is 15.6 Å². The molecule has 1 heterocycles. The first-order chi connectivity index (χ1) is 13.9. The highest BCUT2D eigenvalue weighted by Crippen LogP contribution is 2.24. The number of carbonyl (C=O) groups is 2. The zero-order valence-corrected chi connectivity index (χ0v) is 17.4. The molecule has 4 N–H and O–H groups in total. The second-order valence-corrected chi connectivity index (χ2v) is 8.16. The Morgan fingerprint density at radius 3 is 2.59 bits per heavy atom. The van der Waals surface area contributed by atoms with Crippen LogP contribution in [0.3, 0.4) is 0 Å². The number of amides is 3. The number of benzene rings is 2. The molecule has 0 unspecified atom stereocenters. The largest absolute Gasteiger partial charge is 0.352 e. The van der Waals surface area contributed by atoms with E-state index in [1.54, 1.807) is 6.20 Å². The number of halogens is 1. The molecule has 0 aliphatic carbocycles. The molecule has 0 spiro atoms. The molecule has 8 heteroatoms. The SMILES string of the molecule is Cc1ccccc1[C@@H](CC(=O)Nc1ncc(Cc2ccc(Cl)cc2)s1)NC(N)=O. The number of urea groups is 1. The molecular weight excluding hydrogens is 408 g/mol. The third kappa shape index (κ3) is 6.04. The lowest BCUT2D eigenvalue weighted by Crippen LogP contribution is -2.35. The summed E-state index contributed by atoms with van der Waals surface area (Å²) in [6.45, 7) is 1.92. The molecule has 2 aromatic carbocycles. The summed E-state index contributed by atoms with van der Waals surface area (Å²) in [5.41, 5.74) is 8.23. The maximum Gasteiger partial charge on any atom is 0.312 e. The van der Waals surface area contributed by atoms with Gasteiger partial charge in [0.1, 0.15) is 0 Å². The third-order valence-electron chi connectivity index (χ3n) is 4.36. The van der Waals surface area contributed by atoms with Crippen LogP contribution in [0, 0.1) is 6.92 Å². The maximum absolute atomic E-state index is 12.5. The van der Waals surface area contributed by atoms with E-state index in [0.717, 1.165) is 21.6 Å². The molecule has 0 aliphatic heterocycles. The number of nitrogens with two attached hydrogens (primary N) is 1. The van der Waals surface area contributed by atoms with Crippen LogP contribution in [-0.4, -0.2) is 16.9 Å². The first kappa shape index (κ1) is 20.8. The van der Waals surface area contributed by atoms with Crippen molar-refractivity contribution in [1.82, 2.24) is 10.3 Å². The number of hydrogen-bond donors (Lipinski definition) is 3. The number of thiazole rings is 1. The number of carbonyl (C=O) groups excluding carboxylic acids is 2. The fraction of sp³-hybridized carbons (Fsp3) is 0.190. The van der Waals surface area contributed by atoms with Gasteiger partial charge in [-0.2, -0.15) is 0 Å². The van der Waals surface area contributed by atoms with E-state index in [1.807, 2.05) is 55.5 Å². The summed E-state index contributed by atoms with van der Waals surface area (Å²) in [7, 11) is 0. The van der Waals surface area contributed by atoms with Crippen LogP contribution in [0.1, 0.15) is 34.0 Å². The van der Waals surface area contributed by atoms with E-state index >= 15 is 0 Å². The van der Waals surface area contributed by atoms with Crippen molar-refractivity contribution in [1.29, 1.82) is 0 Å². The standard InChI is InChI=1S/C21H21ClN4O2S/c1-13-4-2-3-5-17(13)18(25-20(23)28)11-19(27)26-21-24-12-16(29-21)10-14-6-8-15(22)9-7-14/h2-9,12,18H,10-11H2,1H3,(H3,23,25,28)(H,24,26,27)/t18-/m1/s1. The van der Waals surface area contributed by atoms with Crippen molar-refractivity contribution in [2.45, 2.75) is 25.8 Å². The monoisotopic (exact) mass is 428 g/mol. The van der Waals surface area contributed by atoms with E-state index in [-0.39, 0.29) is 12.3 Å². The second-order valence-electron chi connectivity index (χ2n) is 6.61. The van der Waals surface area contributed by atoms with Crippen LogP contribution in [0.5, 0.6) is 0 Å². The summed E-state index contributed by atoms with van der Waals surface area (Å²) in [6, 6.07) is 14.0. The highest BCUT2D eigenvalue weighted by Gasteiger charge is 2.19. The molecule has 0 fully saturated rings. The van der Waals surface area contributed by atoms with Gasteiger partial charge in [0, 0.05) is 22.5 Å². The molecule has 1 atom stereocenters. The minimum Gasteiger partial charge on any atom is -0.352 e. The zero-order valence-electron chi connectivity index (χ0n) is 15.8. The van der Waals surface area contributed by atoms with E-state index in [9.17, 15) is 9.59 Å². The summed E-state index contributed by atoms with van der Waals surface area (Å²) in [5, 5.41) is 6.66. The molecule has 0 bridgehead atoms. The first-order valence-electron chi connectivity index (χ1n) is 9.01. The van der Waals surface area contributed by atoms with Crippen molar-refractivity contribution in [3.05, 3.63) is 81.3 Å². The van der Waals surface area contributed by atoms with Crippen LogP contribution in [0.4, 0.5) is 9.93 Å². The predicted octanol–water partition coefficient (Wildman–Crippen LogP) is 4.43. The van der Waals surface area contributed by atoms with Crippen molar-refractivity contribution in [3.63, 3.8) is 0 Å². The van der Waals surface area contributed by atoms with Crippen LogP contribution < -0.4 is 16.4 Å². The molecular formula is C21H21ClN4O2S. The smallest absolute Gasteiger partial charge is 0.312 e. The lowest BCUT2D eigenvalue weighted by molar-refractivity contribution is -0.116. The topological polar surface area (TPSA) is 97.1 Å². The predicted molar refractivity (Wildman–Crippen MR) is 116 cm³/mol. The van der Waals surface area contributed by atoms with Gasteiger partial charge in [0.2, 0.25) is 5.91 Å². The Kier molecular flexibility index (Phi) is 6.85. The number of hydrogen-bond acceptors (Lipinski definition) is 4. The summed E-state index contributed by atoms with van der Waals surface area (Å²) in [6.07, 6.45) is 2.51. The molecule has 3 rings (SSSR count). The Balaban J connectivity index is 1.64. The summed E-state index contributed by atoms with van der Waals surface area (Å²) in [5.74, 6) is -0.251. The number of rotatable bonds is 7. The highest BCUT2D eigenvalue weighted by molar-refractivity contribution is 7.15. The molecule has 6 nitrogen and oxygen atoms in total. The molecule has 0 aliphatic rings. The van der Waals surface area contributed by atoms with Gasteiger partial charge in [0.05, 0.1) is 12.5 Å². The van der Waals surface area contributed by atoms with Gasteiger partial charge in [-0.05, 0) is 35.7 Å². The van der Waals surface area contributed by atoms with Gasteiger partial charge in [0.15, 0.2) is 5.13 Å². The van der Waals surface area contributed by atoms with E-state index in [1.165, 1.54) is 11.3 Å². The fourth-order valence-electron chi connectivity index (χ4n) is 2.99. The van der Waals surface area contributed by atoms with Crippen molar-refractivity contribution in [2.75, 3.05) is 5.32 Å². The summed E-state index contributed by atoms with van der Waals surface area (Å²) in [4.78, 5) is 29.2. The van der Waals surface area contributed by atoms with Crippen LogP contribution in [0.2, 0.25) is 5.02 Å². The van der Waals surface area contributed by atoms with Crippen LogP contribution in [-0.2, 0) is 11.2 Å². The zero-order chi connectivity index (χ0) is 20.8. The fourth-order valence-corrected chi connectivity index (χ4v) is 3.98. The van der Waals surface area contributed by atoms with E-state index < -0.39 is 12.1 Å². The van der Waals surface area contributed by atoms with Crippen molar-refractivity contribution < 1.29 is 9.59 Å². The molecule has 0 radical (unpaired) electrons. The molecule has 0 saturated carbocycles. The highest BCUT2D eigenvalue weighted by atomic mass is 35.5. The van der Waals surface area contributed by atoms with Crippen molar-refractivity contribution in [2.24, 2.45) is 5.73 Å². The van der Waals surface area contributed by atoms with Crippen molar-refractivity contribution >= 4 is 40.0 Å². The third-order valence-corrected chi connectivity index (χ3v) is 5.53. The second kappa shape index (κ2) is 9.54. The quantitative estimate of drug-likeness (QED) is 0.519. The molecule has 150 valence electrons. The van der Waals surface area contributed by atoms with Crippen LogP contribution in [0.15, 0.2) is 54.7 Å². The Labute approximate surface area is 178 Å². The lowest BCUT2D eigenvalue weighted by atomic mass is 9.98. The normalized spacial score (nSPS) is 11.7. The van der Waals surface area contributed by atoms with Gasteiger partial charge >= 0.3 is 6.03 Å². The van der Waals surface area contributed by atoms with Crippen molar-refractivity contribution in [3.8, 4) is 0 Å². The Hall–Kier alpha value is -2.90. The number of aromatic nitrogens is 1. The Morgan fingerprint density at radius 1 is 1.17 bits per heavy atom. The van der Waals surface area contributed by atoms with Crippen LogP contribution >= 0.6 is 22.9 Å². The van der Waals surface area contributed by atoms with Gasteiger partial charge in [-0.3, -0.25) is 4.79 Å². The molecule has 29 heavy (non-hydrogen) atoms. The lowest BCUT2D eigenvalue weighted by Gasteiger charge is -2.19. The van der Waals surface area contributed by atoms with Gasteiger partial charge in [-0.25, -0.2) is 9.78 Å². The molecule has 3 aromatic rings.